The minimum absolute atomic E-state index is 0.264. The Hall–Kier alpha value is -3.02. The molecule has 1 aliphatic heterocycles. The Morgan fingerprint density at radius 1 is 1.16 bits per heavy atom. The molecular weight excluding hydrogens is 320 g/mol. The van der Waals surface area contributed by atoms with E-state index in [4.69, 9.17) is 9.47 Å². The Kier molecular flexibility index (Phi) is 4.61. The van der Waals surface area contributed by atoms with E-state index >= 15 is 0 Å². The molecule has 0 radical (unpaired) electrons. The number of hydrogen-bond donors (Lipinski definition) is 2. The fraction of sp³-hybridized carbons (Fsp3) is 0.263. The molecule has 0 bridgehead atoms. The van der Waals surface area contributed by atoms with Gasteiger partial charge in [-0.25, -0.2) is 9.59 Å². The molecule has 0 aliphatic carbocycles. The lowest BCUT2D eigenvalue weighted by Gasteiger charge is -2.29. The molecule has 0 fully saturated rings. The third-order valence-electron chi connectivity index (χ3n) is 4.21. The van der Waals surface area contributed by atoms with Crippen LogP contribution in [0.3, 0.4) is 0 Å². The van der Waals surface area contributed by atoms with Crippen LogP contribution in [0.4, 0.5) is 4.79 Å². The molecule has 0 spiro atoms. The molecular formula is C19H20N2O4. The van der Waals surface area contributed by atoms with Crippen LogP contribution < -0.4 is 15.4 Å². The minimum atomic E-state index is -0.594. The monoisotopic (exact) mass is 340 g/mol. The molecule has 130 valence electrons. The molecule has 2 N–H and O–H groups in total. The molecule has 1 atom stereocenters. The minimum Gasteiger partial charge on any atom is -0.496 e. The molecule has 6 nitrogen and oxygen atoms in total. The Bertz CT molecular complexity index is 873. The van der Waals surface area contributed by atoms with Crippen LogP contribution in [0.5, 0.6) is 5.75 Å². The first kappa shape index (κ1) is 16.8. The van der Waals surface area contributed by atoms with E-state index in [9.17, 15) is 9.59 Å². The molecule has 2 aromatic carbocycles. The summed E-state index contributed by atoms with van der Waals surface area (Å²) in [6.45, 7) is 3.71. The maximum absolute atomic E-state index is 12.5. The highest BCUT2D eigenvalue weighted by Crippen LogP contribution is 2.36. The Morgan fingerprint density at radius 3 is 2.56 bits per heavy atom. The van der Waals surface area contributed by atoms with Gasteiger partial charge >= 0.3 is 12.0 Å². The van der Waals surface area contributed by atoms with Crippen molar-refractivity contribution in [1.82, 2.24) is 10.6 Å². The first-order chi connectivity index (χ1) is 12.1. The molecule has 3 rings (SSSR count). The van der Waals surface area contributed by atoms with E-state index in [2.05, 4.69) is 10.6 Å². The van der Waals surface area contributed by atoms with Crippen molar-refractivity contribution in [1.29, 1.82) is 0 Å². The van der Waals surface area contributed by atoms with Gasteiger partial charge in [0.2, 0.25) is 0 Å². The zero-order valence-corrected chi connectivity index (χ0v) is 14.4. The molecule has 6 heteroatoms. The van der Waals surface area contributed by atoms with Crippen molar-refractivity contribution in [3.8, 4) is 5.75 Å². The van der Waals surface area contributed by atoms with Crippen molar-refractivity contribution in [3.63, 3.8) is 0 Å². The van der Waals surface area contributed by atoms with Crippen LogP contribution in [0.1, 0.15) is 25.5 Å². The summed E-state index contributed by atoms with van der Waals surface area (Å²) >= 11 is 0. The van der Waals surface area contributed by atoms with Crippen LogP contribution in [0, 0.1) is 0 Å². The molecule has 0 saturated carbocycles. The second-order valence-electron chi connectivity index (χ2n) is 5.69. The van der Waals surface area contributed by atoms with E-state index in [0.717, 1.165) is 22.1 Å². The highest BCUT2D eigenvalue weighted by atomic mass is 16.5. The molecule has 1 aliphatic rings. The largest absolute Gasteiger partial charge is 0.496 e. The van der Waals surface area contributed by atoms with Gasteiger partial charge in [-0.15, -0.1) is 0 Å². The SMILES string of the molecule is CCOC(=O)C1=C(C)NC(=O)N[C@@H]1c1ccc(OC)c2ccccc12. The van der Waals surface area contributed by atoms with E-state index in [1.165, 1.54) is 0 Å². The summed E-state index contributed by atoms with van der Waals surface area (Å²) < 4.78 is 10.6. The van der Waals surface area contributed by atoms with Crippen molar-refractivity contribution in [2.24, 2.45) is 0 Å². The number of hydrogen-bond acceptors (Lipinski definition) is 4. The number of benzene rings is 2. The third-order valence-corrected chi connectivity index (χ3v) is 4.21. The van der Waals surface area contributed by atoms with Gasteiger partial charge in [-0.2, -0.15) is 0 Å². The number of carbonyl (C=O) groups excluding carboxylic acids is 2. The number of allylic oxidation sites excluding steroid dienone is 1. The molecule has 0 saturated heterocycles. The highest BCUT2D eigenvalue weighted by Gasteiger charge is 2.33. The van der Waals surface area contributed by atoms with Crippen molar-refractivity contribution in [3.05, 3.63) is 53.2 Å². The molecule has 2 amide bonds. The van der Waals surface area contributed by atoms with Crippen LogP contribution in [0.15, 0.2) is 47.7 Å². The quantitative estimate of drug-likeness (QED) is 0.839. The first-order valence-corrected chi connectivity index (χ1v) is 8.07. The van der Waals surface area contributed by atoms with Crippen LogP contribution >= 0.6 is 0 Å². The van der Waals surface area contributed by atoms with E-state index in [0.29, 0.717) is 11.3 Å². The lowest BCUT2D eigenvalue weighted by Crippen LogP contribution is -2.45. The summed E-state index contributed by atoms with van der Waals surface area (Å²) in [5, 5.41) is 7.29. The van der Waals surface area contributed by atoms with E-state index < -0.39 is 12.0 Å². The van der Waals surface area contributed by atoms with Crippen molar-refractivity contribution in [2.75, 3.05) is 13.7 Å². The summed E-state index contributed by atoms with van der Waals surface area (Å²) in [4.78, 5) is 24.5. The van der Waals surface area contributed by atoms with E-state index in [1.807, 2.05) is 36.4 Å². The van der Waals surface area contributed by atoms with Gasteiger partial charge in [-0.3, -0.25) is 0 Å². The van der Waals surface area contributed by atoms with Crippen molar-refractivity contribution < 1.29 is 19.1 Å². The van der Waals surface area contributed by atoms with Gasteiger partial charge in [0, 0.05) is 11.1 Å². The Balaban J connectivity index is 2.19. The van der Waals surface area contributed by atoms with Crippen LogP contribution in [-0.2, 0) is 9.53 Å². The maximum atomic E-state index is 12.5. The third kappa shape index (κ3) is 3.03. The number of nitrogens with one attached hydrogen (secondary N) is 2. The zero-order chi connectivity index (χ0) is 18.0. The standard InChI is InChI=1S/C19H20N2O4/c1-4-25-18(22)16-11(2)20-19(23)21-17(16)14-9-10-15(24-3)13-8-6-5-7-12(13)14/h5-10,17H,4H2,1-3H3,(H2,20,21,23)/t17-/m1/s1. The molecule has 1 heterocycles. The number of fused-ring (bicyclic) bond motifs is 1. The van der Waals surface area contributed by atoms with Gasteiger partial charge < -0.3 is 20.1 Å². The van der Waals surface area contributed by atoms with Gasteiger partial charge in [0.25, 0.3) is 0 Å². The molecule has 0 unspecified atom stereocenters. The highest BCUT2D eigenvalue weighted by molar-refractivity contribution is 5.98. The van der Waals surface area contributed by atoms with Crippen LogP contribution in [-0.4, -0.2) is 25.7 Å². The summed E-state index contributed by atoms with van der Waals surface area (Å²) in [5.41, 5.74) is 1.71. The average Bonchev–Trinajstić information content (AvgIpc) is 2.60. The van der Waals surface area contributed by atoms with Gasteiger partial charge in [-0.05, 0) is 30.9 Å². The van der Waals surface area contributed by atoms with Gasteiger partial charge in [0.15, 0.2) is 0 Å². The van der Waals surface area contributed by atoms with Crippen molar-refractivity contribution in [2.45, 2.75) is 19.9 Å². The van der Waals surface area contributed by atoms with Gasteiger partial charge in [-0.1, -0.05) is 30.3 Å². The van der Waals surface area contributed by atoms with Gasteiger partial charge in [0.1, 0.15) is 5.75 Å². The summed E-state index contributed by atoms with van der Waals surface area (Å²) in [6.07, 6.45) is 0. The second-order valence-corrected chi connectivity index (χ2v) is 5.69. The van der Waals surface area contributed by atoms with Gasteiger partial charge in [0.05, 0.1) is 25.3 Å². The molecule has 0 aromatic heterocycles. The fourth-order valence-corrected chi connectivity index (χ4v) is 3.13. The number of esters is 1. The normalized spacial score (nSPS) is 17.1. The van der Waals surface area contributed by atoms with Crippen molar-refractivity contribution >= 4 is 22.8 Å². The Morgan fingerprint density at radius 2 is 1.88 bits per heavy atom. The number of amides is 2. The molecule has 2 aromatic rings. The smallest absolute Gasteiger partial charge is 0.338 e. The lowest BCUT2D eigenvalue weighted by molar-refractivity contribution is -0.139. The van der Waals surface area contributed by atoms with E-state index in [1.54, 1.807) is 21.0 Å². The number of urea groups is 1. The number of rotatable bonds is 4. The van der Waals surface area contributed by atoms with E-state index in [-0.39, 0.29) is 12.6 Å². The average molecular weight is 340 g/mol. The predicted octanol–water partition coefficient (Wildman–Crippen LogP) is 3.04. The summed E-state index contributed by atoms with van der Waals surface area (Å²) in [7, 11) is 1.61. The molecule has 25 heavy (non-hydrogen) atoms. The topological polar surface area (TPSA) is 76.7 Å². The van der Waals surface area contributed by atoms with Crippen LogP contribution in [0.25, 0.3) is 10.8 Å². The predicted molar refractivity (Wildman–Crippen MR) is 94.2 cm³/mol. The van der Waals surface area contributed by atoms with Crippen LogP contribution in [0.2, 0.25) is 0 Å². The fourth-order valence-electron chi connectivity index (χ4n) is 3.13. The number of carbonyl (C=O) groups is 2. The zero-order valence-electron chi connectivity index (χ0n) is 14.4. The lowest BCUT2D eigenvalue weighted by atomic mass is 9.91. The summed E-state index contributed by atoms with van der Waals surface area (Å²) in [6, 6.07) is 10.5. The first-order valence-electron chi connectivity index (χ1n) is 8.07. The second kappa shape index (κ2) is 6.84. The maximum Gasteiger partial charge on any atom is 0.338 e. The number of ether oxygens (including phenoxy) is 2. The summed E-state index contributed by atoms with van der Waals surface area (Å²) in [5.74, 6) is 0.287. The Labute approximate surface area is 145 Å². The number of methoxy groups -OCH3 is 1.